The van der Waals surface area contributed by atoms with Gasteiger partial charge < -0.3 is 11.1 Å². The Morgan fingerprint density at radius 1 is 1.11 bits per heavy atom. The van der Waals surface area contributed by atoms with Crippen molar-refractivity contribution in [1.29, 1.82) is 5.26 Å². The Hall–Kier alpha value is -2.47. The van der Waals surface area contributed by atoms with Crippen LogP contribution < -0.4 is 11.1 Å². The summed E-state index contributed by atoms with van der Waals surface area (Å²) in [7, 11) is 0. The Labute approximate surface area is 107 Å². The summed E-state index contributed by atoms with van der Waals surface area (Å²) in [5.41, 5.74) is 10.5. The van der Waals surface area contributed by atoms with Crippen LogP contribution in [0.25, 0.3) is 0 Å². The summed E-state index contributed by atoms with van der Waals surface area (Å²) in [6.45, 7) is 2.05. The Morgan fingerprint density at radius 2 is 1.78 bits per heavy atom. The zero-order valence-corrected chi connectivity index (χ0v) is 10.3. The maximum atomic E-state index is 8.73. The number of nitriles is 1. The predicted molar refractivity (Wildman–Crippen MR) is 74.6 cm³/mol. The van der Waals surface area contributed by atoms with Crippen LogP contribution in [0.5, 0.6) is 0 Å². The number of hydrogen-bond donors (Lipinski definition) is 2. The lowest BCUT2D eigenvalue weighted by molar-refractivity contribution is 1.27. The molecule has 0 aliphatic rings. The topological polar surface area (TPSA) is 61.8 Å². The van der Waals surface area contributed by atoms with Crippen LogP contribution in [0.2, 0.25) is 0 Å². The second kappa shape index (κ2) is 5.24. The quantitative estimate of drug-likeness (QED) is 0.804. The van der Waals surface area contributed by atoms with E-state index < -0.39 is 0 Å². The fraction of sp³-hybridized carbons (Fsp3) is 0.133. The summed E-state index contributed by atoms with van der Waals surface area (Å²) in [6, 6.07) is 15.9. The van der Waals surface area contributed by atoms with Crippen LogP contribution >= 0.6 is 0 Å². The van der Waals surface area contributed by atoms with Gasteiger partial charge in [0.05, 0.1) is 12.5 Å². The maximum Gasteiger partial charge on any atom is 0.0670 e. The van der Waals surface area contributed by atoms with Crippen LogP contribution in [0, 0.1) is 18.3 Å². The summed E-state index contributed by atoms with van der Waals surface area (Å²) in [6.07, 6.45) is 0.329. The number of anilines is 3. The van der Waals surface area contributed by atoms with E-state index in [0.29, 0.717) is 12.1 Å². The molecule has 2 aromatic carbocycles. The Kier molecular flexibility index (Phi) is 3.49. The van der Waals surface area contributed by atoms with E-state index in [1.807, 2.05) is 30.3 Å². The first kappa shape index (κ1) is 12.0. The van der Waals surface area contributed by atoms with Crippen LogP contribution in [0.15, 0.2) is 42.5 Å². The molecule has 0 unspecified atom stereocenters. The first-order valence-electron chi connectivity index (χ1n) is 5.78. The number of nitrogens with two attached hydrogens (primary N) is 1. The number of rotatable bonds is 3. The molecule has 0 saturated carbocycles. The largest absolute Gasteiger partial charge is 0.398 e. The molecule has 18 heavy (non-hydrogen) atoms. The van der Waals surface area contributed by atoms with Crippen molar-refractivity contribution in [3.63, 3.8) is 0 Å². The molecule has 3 nitrogen and oxygen atoms in total. The standard InChI is InChI=1S/C15H15N3/c1-11-2-4-13(5-3-11)18-14-6-7-15(17)12(10-14)8-9-16/h2-7,10,18H,8,17H2,1H3. The van der Waals surface area contributed by atoms with Gasteiger partial charge in [-0.05, 0) is 42.8 Å². The van der Waals surface area contributed by atoms with Gasteiger partial charge in [-0.15, -0.1) is 0 Å². The lowest BCUT2D eigenvalue weighted by atomic mass is 10.1. The summed E-state index contributed by atoms with van der Waals surface area (Å²) in [4.78, 5) is 0. The molecule has 0 atom stereocenters. The average Bonchev–Trinajstić information content (AvgIpc) is 2.37. The third-order valence-electron chi connectivity index (χ3n) is 2.75. The summed E-state index contributed by atoms with van der Waals surface area (Å²) < 4.78 is 0. The number of nitrogens with one attached hydrogen (secondary N) is 1. The zero-order chi connectivity index (χ0) is 13.0. The predicted octanol–water partition coefficient (Wildman–Crippen LogP) is 3.39. The molecule has 0 heterocycles. The minimum absolute atomic E-state index is 0.329. The minimum atomic E-state index is 0.329. The molecule has 0 aliphatic carbocycles. The van der Waals surface area contributed by atoms with E-state index >= 15 is 0 Å². The van der Waals surface area contributed by atoms with Crippen molar-refractivity contribution in [1.82, 2.24) is 0 Å². The van der Waals surface area contributed by atoms with Gasteiger partial charge in [-0.25, -0.2) is 0 Å². The highest BCUT2D eigenvalue weighted by atomic mass is 14.9. The number of nitrogens with zero attached hydrogens (tertiary/aromatic N) is 1. The third-order valence-corrected chi connectivity index (χ3v) is 2.75. The third kappa shape index (κ3) is 2.80. The molecule has 2 aromatic rings. The molecule has 0 amide bonds. The molecule has 0 spiro atoms. The van der Waals surface area contributed by atoms with Gasteiger partial charge in [-0.2, -0.15) is 5.26 Å². The highest BCUT2D eigenvalue weighted by Crippen LogP contribution is 2.22. The van der Waals surface area contributed by atoms with Gasteiger partial charge in [-0.1, -0.05) is 17.7 Å². The summed E-state index contributed by atoms with van der Waals surface area (Å²) in [5, 5.41) is 12.0. The minimum Gasteiger partial charge on any atom is -0.398 e. The molecule has 3 N–H and O–H groups in total. The maximum absolute atomic E-state index is 8.73. The Morgan fingerprint density at radius 3 is 2.44 bits per heavy atom. The number of benzene rings is 2. The fourth-order valence-electron chi connectivity index (χ4n) is 1.73. The molecular weight excluding hydrogens is 222 g/mol. The number of hydrogen-bond acceptors (Lipinski definition) is 3. The van der Waals surface area contributed by atoms with E-state index in [1.165, 1.54) is 5.56 Å². The first-order valence-corrected chi connectivity index (χ1v) is 5.78. The molecule has 0 fully saturated rings. The van der Waals surface area contributed by atoms with E-state index in [-0.39, 0.29) is 0 Å². The Bertz CT molecular complexity index is 580. The van der Waals surface area contributed by atoms with Crippen LogP contribution in [-0.2, 0) is 6.42 Å². The van der Waals surface area contributed by atoms with Gasteiger partial charge >= 0.3 is 0 Å². The van der Waals surface area contributed by atoms with Crippen molar-refractivity contribution in [3.05, 3.63) is 53.6 Å². The van der Waals surface area contributed by atoms with Crippen molar-refractivity contribution < 1.29 is 0 Å². The van der Waals surface area contributed by atoms with Gasteiger partial charge in [0, 0.05) is 17.1 Å². The van der Waals surface area contributed by atoms with Crippen molar-refractivity contribution in [2.75, 3.05) is 11.1 Å². The molecule has 0 bridgehead atoms. The number of aryl methyl sites for hydroxylation is 1. The molecule has 2 rings (SSSR count). The SMILES string of the molecule is Cc1ccc(Nc2ccc(N)c(CC#N)c2)cc1. The van der Waals surface area contributed by atoms with E-state index in [9.17, 15) is 0 Å². The lowest BCUT2D eigenvalue weighted by Crippen LogP contribution is -1.96. The van der Waals surface area contributed by atoms with Gasteiger partial charge in [-0.3, -0.25) is 0 Å². The second-order valence-electron chi connectivity index (χ2n) is 4.24. The van der Waals surface area contributed by atoms with Crippen molar-refractivity contribution in [2.24, 2.45) is 0 Å². The van der Waals surface area contributed by atoms with Crippen LogP contribution in [-0.4, -0.2) is 0 Å². The highest BCUT2D eigenvalue weighted by Gasteiger charge is 2.01. The lowest BCUT2D eigenvalue weighted by Gasteiger charge is -2.09. The molecule has 0 saturated heterocycles. The average molecular weight is 237 g/mol. The smallest absolute Gasteiger partial charge is 0.0670 e. The molecule has 0 radical (unpaired) electrons. The monoisotopic (exact) mass is 237 g/mol. The van der Waals surface area contributed by atoms with Gasteiger partial charge in [0.15, 0.2) is 0 Å². The summed E-state index contributed by atoms with van der Waals surface area (Å²) in [5.74, 6) is 0. The highest BCUT2D eigenvalue weighted by molar-refractivity contribution is 5.64. The van der Waals surface area contributed by atoms with Crippen molar-refractivity contribution >= 4 is 17.1 Å². The number of nitrogen functional groups attached to an aromatic ring is 1. The van der Waals surface area contributed by atoms with Crippen LogP contribution in [0.1, 0.15) is 11.1 Å². The van der Waals surface area contributed by atoms with Crippen molar-refractivity contribution in [3.8, 4) is 6.07 Å². The van der Waals surface area contributed by atoms with E-state index in [0.717, 1.165) is 16.9 Å². The zero-order valence-electron chi connectivity index (χ0n) is 10.3. The molecule has 90 valence electrons. The van der Waals surface area contributed by atoms with Crippen molar-refractivity contribution in [2.45, 2.75) is 13.3 Å². The first-order chi connectivity index (χ1) is 8.69. The van der Waals surface area contributed by atoms with Crippen LogP contribution in [0.3, 0.4) is 0 Å². The van der Waals surface area contributed by atoms with Crippen LogP contribution in [0.4, 0.5) is 17.1 Å². The van der Waals surface area contributed by atoms with E-state index in [2.05, 4.69) is 30.4 Å². The molecule has 3 heteroatoms. The summed E-state index contributed by atoms with van der Waals surface area (Å²) >= 11 is 0. The molecular formula is C15H15N3. The Balaban J connectivity index is 2.22. The van der Waals surface area contributed by atoms with Gasteiger partial charge in [0.1, 0.15) is 0 Å². The second-order valence-corrected chi connectivity index (χ2v) is 4.24. The van der Waals surface area contributed by atoms with E-state index in [1.54, 1.807) is 0 Å². The van der Waals surface area contributed by atoms with E-state index in [4.69, 9.17) is 11.0 Å². The van der Waals surface area contributed by atoms with Gasteiger partial charge in [0.2, 0.25) is 0 Å². The normalized spacial score (nSPS) is 9.78. The molecule has 0 aliphatic heterocycles. The van der Waals surface area contributed by atoms with Gasteiger partial charge in [0.25, 0.3) is 0 Å². The molecule has 0 aromatic heterocycles. The fourth-order valence-corrected chi connectivity index (χ4v) is 1.73.